The summed E-state index contributed by atoms with van der Waals surface area (Å²) in [6.07, 6.45) is 1.23. The number of nitrogens with one attached hydrogen (secondary N) is 2. The van der Waals surface area contributed by atoms with Crippen LogP contribution in [0.2, 0.25) is 0 Å². The first-order valence-electron chi connectivity index (χ1n) is 8.85. The van der Waals surface area contributed by atoms with E-state index >= 15 is 0 Å². The van der Waals surface area contributed by atoms with Crippen molar-refractivity contribution in [3.05, 3.63) is 93.5 Å². The van der Waals surface area contributed by atoms with Gasteiger partial charge in [-0.05, 0) is 48.5 Å². The fourth-order valence-electron chi connectivity index (χ4n) is 2.51. The highest BCUT2D eigenvalue weighted by atomic mass is 16.6. The summed E-state index contributed by atoms with van der Waals surface area (Å²) in [6, 6.07) is 15.1. The van der Waals surface area contributed by atoms with Gasteiger partial charge in [0.25, 0.3) is 17.5 Å². The summed E-state index contributed by atoms with van der Waals surface area (Å²) in [5.41, 5.74) is 3.45. The molecule has 0 saturated heterocycles. The van der Waals surface area contributed by atoms with Crippen LogP contribution in [0, 0.1) is 10.1 Å². The SMILES string of the molecule is O=C(N/N=C\c1ccc(O)cc1O)c1ccc(NC(=O)c2ccc([N+](=O)[O-])cc2)cc1. The van der Waals surface area contributed by atoms with E-state index in [1.54, 1.807) is 0 Å². The van der Waals surface area contributed by atoms with Gasteiger partial charge in [0.1, 0.15) is 11.5 Å². The van der Waals surface area contributed by atoms with Crippen molar-refractivity contribution in [2.24, 2.45) is 5.10 Å². The third-order valence-corrected chi connectivity index (χ3v) is 4.13. The molecule has 3 aromatic rings. The minimum atomic E-state index is -0.553. The fourth-order valence-corrected chi connectivity index (χ4v) is 2.51. The van der Waals surface area contributed by atoms with Gasteiger partial charge < -0.3 is 15.5 Å². The molecule has 0 saturated carbocycles. The number of hydrogen-bond acceptors (Lipinski definition) is 7. The number of nitro groups is 1. The number of benzene rings is 3. The lowest BCUT2D eigenvalue weighted by atomic mass is 10.1. The number of amides is 2. The van der Waals surface area contributed by atoms with E-state index in [1.165, 1.54) is 66.9 Å². The summed E-state index contributed by atoms with van der Waals surface area (Å²) in [5, 5.41) is 36.0. The monoisotopic (exact) mass is 420 g/mol. The van der Waals surface area contributed by atoms with E-state index in [0.29, 0.717) is 11.3 Å². The fraction of sp³-hybridized carbons (Fsp3) is 0. The molecule has 0 atom stereocenters. The van der Waals surface area contributed by atoms with Crippen LogP contribution >= 0.6 is 0 Å². The third kappa shape index (κ3) is 5.41. The molecule has 0 aliphatic heterocycles. The van der Waals surface area contributed by atoms with E-state index in [4.69, 9.17) is 0 Å². The molecule has 4 N–H and O–H groups in total. The maximum atomic E-state index is 12.2. The Morgan fingerprint density at radius 1 is 0.903 bits per heavy atom. The first-order chi connectivity index (χ1) is 14.8. The van der Waals surface area contributed by atoms with Gasteiger partial charge in [-0.1, -0.05) is 0 Å². The number of nitro benzene ring substituents is 1. The molecule has 156 valence electrons. The maximum Gasteiger partial charge on any atom is 0.271 e. The number of carbonyl (C=O) groups excluding carboxylic acids is 2. The van der Waals surface area contributed by atoms with Crippen LogP contribution in [-0.2, 0) is 0 Å². The molecular formula is C21H16N4O6. The number of rotatable bonds is 6. The van der Waals surface area contributed by atoms with Crippen LogP contribution in [-0.4, -0.2) is 33.2 Å². The molecule has 0 fully saturated rings. The highest BCUT2D eigenvalue weighted by Gasteiger charge is 2.10. The van der Waals surface area contributed by atoms with E-state index in [-0.39, 0.29) is 28.3 Å². The smallest absolute Gasteiger partial charge is 0.271 e. The molecular weight excluding hydrogens is 404 g/mol. The summed E-state index contributed by atoms with van der Waals surface area (Å²) in [7, 11) is 0. The summed E-state index contributed by atoms with van der Waals surface area (Å²) in [6.45, 7) is 0. The molecule has 3 rings (SSSR count). The summed E-state index contributed by atoms with van der Waals surface area (Å²) in [5.74, 6) is -1.25. The lowest BCUT2D eigenvalue weighted by Crippen LogP contribution is -2.18. The molecule has 0 unspecified atom stereocenters. The molecule has 10 nitrogen and oxygen atoms in total. The van der Waals surface area contributed by atoms with Crippen LogP contribution in [0.1, 0.15) is 26.3 Å². The zero-order valence-corrected chi connectivity index (χ0v) is 15.9. The Kier molecular flexibility index (Phi) is 6.21. The first-order valence-corrected chi connectivity index (χ1v) is 8.85. The van der Waals surface area contributed by atoms with Crippen molar-refractivity contribution in [1.29, 1.82) is 0 Å². The Bertz CT molecular complexity index is 1160. The topological polar surface area (TPSA) is 154 Å². The van der Waals surface area contributed by atoms with E-state index in [1.807, 2.05) is 0 Å². The predicted octanol–water partition coefficient (Wildman–Crippen LogP) is 3.02. The van der Waals surface area contributed by atoms with Gasteiger partial charge in [-0.3, -0.25) is 19.7 Å². The van der Waals surface area contributed by atoms with Gasteiger partial charge >= 0.3 is 0 Å². The Balaban J connectivity index is 1.58. The Morgan fingerprint density at radius 2 is 1.52 bits per heavy atom. The van der Waals surface area contributed by atoms with Crippen LogP contribution in [0.25, 0.3) is 0 Å². The molecule has 2 amide bonds. The van der Waals surface area contributed by atoms with E-state index in [2.05, 4.69) is 15.8 Å². The van der Waals surface area contributed by atoms with Crippen molar-refractivity contribution in [3.63, 3.8) is 0 Å². The normalized spacial score (nSPS) is 10.6. The lowest BCUT2D eigenvalue weighted by molar-refractivity contribution is -0.384. The van der Waals surface area contributed by atoms with Crippen molar-refractivity contribution >= 4 is 29.4 Å². The summed E-state index contributed by atoms with van der Waals surface area (Å²) >= 11 is 0. The van der Waals surface area contributed by atoms with Crippen LogP contribution in [0.5, 0.6) is 11.5 Å². The zero-order chi connectivity index (χ0) is 22.4. The third-order valence-electron chi connectivity index (χ3n) is 4.13. The standard InChI is InChI=1S/C21H16N4O6/c26-18-10-5-15(19(27)11-18)12-22-24-21(29)14-1-6-16(7-2-14)23-20(28)13-3-8-17(9-4-13)25(30)31/h1-12,26-27H,(H,23,28)(H,24,29)/b22-12-. The van der Waals surface area contributed by atoms with Gasteiger partial charge in [-0.2, -0.15) is 5.10 Å². The second-order valence-corrected chi connectivity index (χ2v) is 6.28. The number of aromatic hydroxyl groups is 2. The van der Waals surface area contributed by atoms with Crippen molar-refractivity contribution in [2.45, 2.75) is 0 Å². The number of hydrogen-bond donors (Lipinski definition) is 4. The van der Waals surface area contributed by atoms with Crippen molar-refractivity contribution in [1.82, 2.24) is 5.43 Å². The first kappa shape index (κ1) is 21.0. The van der Waals surface area contributed by atoms with Gasteiger partial charge in [0, 0.05) is 40.6 Å². The van der Waals surface area contributed by atoms with Crippen LogP contribution in [0.15, 0.2) is 71.8 Å². The van der Waals surface area contributed by atoms with Crippen molar-refractivity contribution in [2.75, 3.05) is 5.32 Å². The number of anilines is 1. The van der Waals surface area contributed by atoms with Gasteiger partial charge in [0.2, 0.25) is 0 Å². The van der Waals surface area contributed by atoms with E-state index < -0.39 is 16.7 Å². The minimum Gasteiger partial charge on any atom is -0.508 e. The summed E-state index contributed by atoms with van der Waals surface area (Å²) in [4.78, 5) is 34.5. The highest BCUT2D eigenvalue weighted by molar-refractivity contribution is 6.04. The van der Waals surface area contributed by atoms with Gasteiger partial charge in [0.15, 0.2) is 0 Å². The Labute approximate surface area is 175 Å². The molecule has 0 spiro atoms. The van der Waals surface area contributed by atoms with Crippen molar-refractivity contribution in [3.8, 4) is 11.5 Å². The van der Waals surface area contributed by atoms with E-state index in [0.717, 1.165) is 6.07 Å². The molecule has 0 bridgehead atoms. The highest BCUT2D eigenvalue weighted by Crippen LogP contribution is 2.20. The summed E-state index contributed by atoms with van der Waals surface area (Å²) < 4.78 is 0. The van der Waals surface area contributed by atoms with Gasteiger partial charge in [-0.25, -0.2) is 5.43 Å². The van der Waals surface area contributed by atoms with E-state index in [9.17, 15) is 29.9 Å². The van der Waals surface area contributed by atoms with Crippen LogP contribution in [0.3, 0.4) is 0 Å². The molecule has 0 aliphatic carbocycles. The minimum absolute atomic E-state index is 0.0977. The number of hydrazone groups is 1. The number of phenolic OH excluding ortho intramolecular Hbond substituents is 2. The van der Waals surface area contributed by atoms with Crippen LogP contribution < -0.4 is 10.7 Å². The van der Waals surface area contributed by atoms with Crippen molar-refractivity contribution < 1.29 is 24.7 Å². The molecule has 0 aliphatic rings. The molecule has 3 aromatic carbocycles. The number of phenols is 2. The molecule has 31 heavy (non-hydrogen) atoms. The Morgan fingerprint density at radius 3 is 2.13 bits per heavy atom. The largest absolute Gasteiger partial charge is 0.508 e. The molecule has 0 aromatic heterocycles. The lowest BCUT2D eigenvalue weighted by Gasteiger charge is -2.06. The number of carbonyl (C=O) groups is 2. The quantitative estimate of drug-likeness (QED) is 0.273. The number of nitrogens with zero attached hydrogens (tertiary/aromatic N) is 2. The van der Waals surface area contributed by atoms with Gasteiger partial charge in [0.05, 0.1) is 11.1 Å². The predicted molar refractivity (Wildman–Crippen MR) is 112 cm³/mol. The zero-order valence-electron chi connectivity index (χ0n) is 15.9. The molecule has 0 radical (unpaired) electrons. The average molecular weight is 420 g/mol. The molecule has 0 heterocycles. The maximum absolute atomic E-state index is 12.2. The van der Waals surface area contributed by atoms with Gasteiger partial charge in [-0.15, -0.1) is 0 Å². The number of non-ortho nitro benzene ring substituents is 1. The Hall–Kier alpha value is -4.73. The second kappa shape index (κ2) is 9.18. The molecule has 10 heteroatoms. The second-order valence-electron chi connectivity index (χ2n) is 6.28. The average Bonchev–Trinajstić information content (AvgIpc) is 2.75. The van der Waals surface area contributed by atoms with Crippen LogP contribution in [0.4, 0.5) is 11.4 Å².